The topological polar surface area (TPSA) is 86.8 Å². The van der Waals surface area contributed by atoms with Crippen molar-refractivity contribution in [1.29, 1.82) is 0 Å². The minimum atomic E-state index is -0.672. The first kappa shape index (κ1) is 16.1. The van der Waals surface area contributed by atoms with E-state index in [-0.39, 0.29) is 38.4 Å². The number of carbonyl (C=O) groups excluding carboxylic acids is 1. The number of hydrogen-bond acceptors (Lipinski definition) is 4. The monoisotopic (exact) mass is 280 g/mol. The number of carbonyl (C=O) groups is 1. The van der Waals surface area contributed by atoms with E-state index in [1.54, 1.807) is 0 Å². The van der Waals surface area contributed by atoms with E-state index >= 15 is 0 Å². The molecule has 0 aliphatic carbocycles. The Morgan fingerprint density at radius 1 is 1.30 bits per heavy atom. The lowest BCUT2D eigenvalue weighted by molar-refractivity contribution is 0.0680. The molecule has 0 saturated heterocycles. The maximum absolute atomic E-state index is 13.7. The van der Waals surface area contributed by atoms with Gasteiger partial charge in [-0.05, 0) is 18.2 Å². The number of hydrogen-bond donors (Lipinski definition) is 3. The molecular weight excluding hydrogens is 263 g/mol. The van der Waals surface area contributed by atoms with Gasteiger partial charge in [0, 0.05) is 18.7 Å². The van der Waals surface area contributed by atoms with Gasteiger partial charge < -0.3 is 20.8 Å². The maximum Gasteiger partial charge on any atom is 0.257 e. The van der Waals surface area contributed by atoms with Gasteiger partial charge in [0.15, 0.2) is 0 Å². The predicted molar refractivity (Wildman–Crippen MR) is 72.4 cm³/mol. The molecule has 5 nitrogen and oxygen atoms in total. The zero-order valence-corrected chi connectivity index (χ0v) is 11.0. The molecule has 0 aromatic heterocycles. The molecule has 0 unspecified atom stereocenters. The highest BCUT2D eigenvalue weighted by Crippen LogP contribution is 2.13. The van der Waals surface area contributed by atoms with Crippen molar-refractivity contribution in [3.63, 3.8) is 0 Å². The van der Waals surface area contributed by atoms with Crippen molar-refractivity contribution < 1.29 is 19.4 Å². The molecule has 0 aliphatic heterocycles. The zero-order valence-electron chi connectivity index (χ0n) is 11.0. The Labute approximate surface area is 116 Å². The third kappa shape index (κ3) is 4.31. The third-order valence-electron chi connectivity index (χ3n) is 2.56. The second-order valence-electron chi connectivity index (χ2n) is 3.94. The van der Waals surface area contributed by atoms with Crippen molar-refractivity contribution in [2.24, 2.45) is 5.73 Å². The molecule has 0 aliphatic rings. The van der Waals surface area contributed by atoms with Crippen molar-refractivity contribution in [2.45, 2.75) is 0 Å². The number of nitrogens with zero attached hydrogens (tertiary/aromatic N) is 1. The SMILES string of the molecule is NCC#Cc1ccc(F)c(C(=O)N(CCO)CCO)c1. The van der Waals surface area contributed by atoms with Crippen LogP contribution in [-0.4, -0.2) is 53.9 Å². The lowest BCUT2D eigenvalue weighted by atomic mass is 10.1. The summed E-state index contributed by atoms with van der Waals surface area (Å²) < 4.78 is 13.7. The van der Waals surface area contributed by atoms with Crippen LogP contribution in [0.15, 0.2) is 18.2 Å². The molecule has 108 valence electrons. The first-order chi connectivity index (χ1) is 9.63. The average Bonchev–Trinajstić information content (AvgIpc) is 2.45. The minimum absolute atomic E-state index is 0.0253. The van der Waals surface area contributed by atoms with Crippen LogP contribution in [0.2, 0.25) is 0 Å². The van der Waals surface area contributed by atoms with Crippen LogP contribution < -0.4 is 5.73 Å². The van der Waals surface area contributed by atoms with Crippen molar-refractivity contribution in [3.8, 4) is 11.8 Å². The molecule has 0 heterocycles. The lowest BCUT2D eigenvalue weighted by Crippen LogP contribution is -2.36. The van der Waals surface area contributed by atoms with E-state index in [9.17, 15) is 9.18 Å². The number of nitrogens with two attached hydrogens (primary N) is 1. The summed E-state index contributed by atoms with van der Waals surface area (Å²) in [7, 11) is 0. The molecule has 0 saturated carbocycles. The van der Waals surface area contributed by atoms with Gasteiger partial charge in [-0.1, -0.05) is 11.8 Å². The van der Waals surface area contributed by atoms with Gasteiger partial charge in [0.05, 0.1) is 25.3 Å². The van der Waals surface area contributed by atoms with Crippen LogP contribution in [0.25, 0.3) is 0 Å². The minimum Gasteiger partial charge on any atom is -0.395 e. The Morgan fingerprint density at radius 2 is 1.95 bits per heavy atom. The van der Waals surface area contributed by atoms with Crippen molar-refractivity contribution in [2.75, 3.05) is 32.8 Å². The first-order valence-corrected chi connectivity index (χ1v) is 6.13. The Hall–Kier alpha value is -1.94. The van der Waals surface area contributed by atoms with E-state index in [0.29, 0.717) is 5.56 Å². The second kappa shape index (κ2) is 8.27. The van der Waals surface area contributed by atoms with Crippen LogP contribution in [0.4, 0.5) is 4.39 Å². The highest BCUT2D eigenvalue weighted by Gasteiger charge is 2.18. The summed E-state index contributed by atoms with van der Waals surface area (Å²) in [4.78, 5) is 13.3. The van der Waals surface area contributed by atoms with Gasteiger partial charge in [-0.25, -0.2) is 4.39 Å². The highest BCUT2D eigenvalue weighted by molar-refractivity contribution is 5.94. The first-order valence-electron chi connectivity index (χ1n) is 6.13. The van der Waals surface area contributed by atoms with E-state index in [4.69, 9.17) is 15.9 Å². The molecule has 4 N–H and O–H groups in total. The molecular formula is C14H17FN2O3. The maximum atomic E-state index is 13.7. The summed E-state index contributed by atoms with van der Waals surface area (Å²) in [6.07, 6.45) is 0. The van der Waals surface area contributed by atoms with Crippen LogP contribution in [0.3, 0.4) is 0 Å². The highest BCUT2D eigenvalue weighted by atomic mass is 19.1. The largest absolute Gasteiger partial charge is 0.395 e. The summed E-state index contributed by atoms with van der Waals surface area (Å²) in [6, 6.07) is 3.95. The lowest BCUT2D eigenvalue weighted by Gasteiger charge is -2.21. The Morgan fingerprint density at radius 3 is 2.50 bits per heavy atom. The van der Waals surface area contributed by atoms with E-state index < -0.39 is 11.7 Å². The fraction of sp³-hybridized carbons (Fsp3) is 0.357. The van der Waals surface area contributed by atoms with Crippen LogP contribution in [-0.2, 0) is 0 Å². The summed E-state index contributed by atoms with van der Waals surface area (Å²) in [6.45, 7) is -0.309. The van der Waals surface area contributed by atoms with Gasteiger partial charge in [0.1, 0.15) is 5.82 Å². The van der Waals surface area contributed by atoms with Crippen LogP contribution in [0.1, 0.15) is 15.9 Å². The van der Waals surface area contributed by atoms with Crippen LogP contribution in [0, 0.1) is 17.7 Å². The zero-order chi connectivity index (χ0) is 15.0. The van der Waals surface area contributed by atoms with E-state index in [2.05, 4.69) is 11.8 Å². The number of rotatable bonds is 5. The molecule has 1 amide bonds. The number of amides is 1. The average molecular weight is 280 g/mol. The normalized spacial score (nSPS) is 9.80. The molecule has 1 rings (SSSR count). The van der Waals surface area contributed by atoms with Gasteiger partial charge in [-0.2, -0.15) is 0 Å². The molecule has 1 aromatic rings. The van der Waals surface area contributed by atoms with Gasteiger partial charge in [-0.3, -0.25) is 4.79 Å². The molecule has 0 bridgehead atoms. The quantitative estimate of drug-likeness (QED) is 0.638. The standard InChI is InChI=1S/C14H17FN2O3/c15-13-4-3-11(2-1-5-16)10-12(13)14(20)17(6-8-18)7-9-19/h3-4,10,18-19H,5-9,16H2. The summed E-state index contributed by atoms with van der Waals surface area (Å²) in [5, 5.41) is 17.8. The van der Waals surface area contributed by atoms with Gasteiger partial charge >= 0.3 is 0 Å². The van der Waals surface area contributed by atoms with Crippen LogP contribution >= 0.6 is 0 Å². The summed E-state index contributed by atoms with van der Waals surface area (Å²) in [5.74, 6) is 4.07. The van der Waals surface area contributed by atoms with E-state index in [1.807, 2.05) is 0 Å². The number of benzene rings is 1. The number of aliphatic hydroxyl groups is 2. The number of aliphatic hydroxyl groups excluding tert-OH is 2. The predicted octanol–water partition coefficient (Wildman–Crippen LogP) is -0.437. The Bertz CT molecular complexity index is 517. The summed E-state index contributed by atoms with van der Waals surface area (Å²) in [5.41, 5.74) is 5.59. The fourth-order valence-corrected chi connectivity index (χ4v) is 1.65. The molecule has 0 radical (unpaired) electrons. The molecule has 0 spiro atoms. The Kier molecular flexibility index (Phi) is 6.67. The summed E-state index contributed by atoms with van der Waals surface area (Å²) >= 11 is 0. The molecule has 1 aromatic carbocycles. The molecule has 20 heavy (non-hydrogen) atoms. The Balaban J connectivity index is 3.06. The van der Waals surface area contributed by atoms with Crippen LogP contribution in [0.5, 0.6) is 0 Å². The molecule has 0 atom stereocenters. The van der Waals surface area contributed by atoms with Gasteiger partial charge in [0.25, 0.3) is 5.91 Å². The van der Waals surface area contributed by atoms with E-state index in [1.165, 1.54) is 17.0 Å². The van der Waals surface area contributed by atoms with Crippen molar-refractivity contribution >= 4 is 5.91 Å². The van der Waals surface area contributed by atoms with Crippen molar-refractivity contribution in [3.05, 3.63) is 35.1 Å². The molecule has 0 fully saturated rings. The van der Waals surface area contributed by atoms with Gasteiger partial charge in [-0.15, -0.1) is 0 Å². The van der Waals surface area contributed by atoms with Gasteiger partial charge in [0.2, 0.25) is 0 Å². The smallest absolute Gasteiger partial charge is 0.257 e. The molecule has 6 heteroatoms. The fourth-order valence-electron chi connectivity index (χ4n) is 1.65. The van der Waals surface area contributed by atoms with E-state index in [0.717, 1.165) is 6.07 Å². The second-order valence-corrected chi connectivity index (χ2v) is 3.94. The third-order valence-corrected chi connectivity index (χ3v) is 2.56. The number of halogens is 1. The van der Waals surface area contributed by atoms with Crippen molar-refractivity contribution in [1.82, 2.24) is 4.90 Å².